The van der Waals surface area contributed by atoms with Crippen molar-refractivity contribution in [2.75, 3.05) is 56.2 Å². The van der Waals surface area contributed by atoms with Gasteiger partial charge < -0.3 is 14.5 Å². The molecule has 30 heavy (non-hydrogen) atoms. The summed E-state index contributed by atoms with van der Waals surface area (Å²) in [6.07, 6.45) is 1.90. The Labute approximate surface area is 182 Å². The second-order valence-corrected chi connectivity index (χ2v) is 8.63. The molecule has 0 unspecified atom stereocenters. The fraction of sp³-hybridized carbons (Fsp3) is 0.292. The van der Waals surface area contributed by atoms with Gasteiger partial charge in [-0.15, -0.1) is 0 Å². The molecule has 3 heterocycles. The number of para-hydroxylation sites is 3. The number of benzene rings is 2. The molecule has 2 aliphatic rings. The van der Waals surface area contributed by atoms with Crippen molar-refractivity contribution in [1.82, 2.24) is 9.88 Å². The van der Waals surface area contributed by atoms with E-state index in [0.29, 0.717) is 0 Å². The summed E-state index contributed by atoms with van der Waals surface area (Å²) in [4.78, 5) is 14.6. The fourth-order valence-electron chi connectivity index (χ4n) is 4.23. The third-order valence-corrected chi connectivity index (χ3v) is 6.92. The summed E-state index contributed by atoms with van der Waals surface area (Å²) in [7, 11) is 1.75. The van der Waals surface area contributed by atoms with Crippen LogP contribution in [0.3, 0.4) is 0 Å². The van der Waals surface area contributed by atoms with Crippen LogP contribution in [0.15, 0.2) is 76.7 Å². The summed E-state index contributed by atoms with van der Waals surface area (Å²) in [5.41, 5.74) is 2.46. The highest BCUT2D eigenvalue weighted by atomic mass is 32.2. The van der Waals surface area contributed by atoms with E-state index in [2.05, 4.69) is 57.2 Å². The molecule has 0 spiro atoms. The monoisotopic (exact) mass is 418 g/mol. The molecule has 0 atom stereocenters. The highest BCUT2D eigenvalue weighted by molar-refractivity contribution is 7.99. The molecule has 0 amide bonds. The van der Waals surface area contributed by atoms with Gasteiger partial charge in [0, 0.05) is 50.4 Å². The van der Waals surface area contributed by atoms with Crippen molar-refractivity contribution in [3.05, 3.63) is 66.9 Å². The number of anilines is 3. The van der Waals surface area contributed by atoms with Crippen molar-refractivity contribution in [2.45, 2.75) is 9.79 Å². The number of hydrogen-bond acceptors (Lipinski definition) is 6. The van der Waals surface area contributed by atoms with Crippen LogP contribution in [-0.4, -0.2) is 56.3 Å². The van der Waals surface area contributed by atoms with Gasteiger partial charge in [0.15, 0.2) is 0 Å². The lowest BCUT2D eigenvalue weighted by atomic mass is 10.2. The predicted octanol–water partition coefficient (Wildman–Crippen LogP) is 4.52. The Morgan fingerprint density at radius 2 is 1.57 bits per heavy atom. The van der Waals surface area contributed by atoms with Crippen LogP contribution in [0.25, 0.3) is 0 Å². The molecule has 2 aromatic carbocycles. The lowest BCUT2D eigenvalue weighted by molar-refractivity contribution is 0.263. The van der Waals surface area contributed by atoms with Crippen molar-refractivity contribution in [2.24, 2.45) is 0 Å². The van der Waals surface area contributed by atoms with E-state index < -0.39 is 0 Å². The summed E-state index contributed by atoms with van der Waals surface area (Å²) in [6, 6.07) is 21.1. The van der Waals surface area contributed by atoms with Crippen LogP contribution >= 0.6 is 11.8 Å². The first-order valence-corrected chi connectivity index (χ1v) is 11.2. The second kappa shape index (κ2) is 8.58. The molecule has 1 saturated heterocycles. The summed E-state index contributed by atoms with van der Waals surface area (Å²) < 4.78 is 5.55. The van der Waals surface area contributed by atoms with E-state index in [1.807, 2.05) is 36.2 Å². The largest absolute Gasteiger partial charge is 0.495 e. The van der Waals surface area contributed by atoms with Gasteiger partial charge in [-0.3, -0.25) is 4.90 Å². The smallest absolute Gasteiger partial charge is 0.147 e. The van der Waals surface area contributed by atoms with Gasteiger partial charge in [0.05, 0.1) is 23.4 Å². The molecule has 3 aromatic rings. The van der Waals surface area contributed by atoms with Crippen molar-refractivity contribution < 1.29 is 4.74 Å². The average Bonchev–Trinajstić information content (AvgIpc) is 2.82. The molecular formula is C24H26N4OS. The van der Waals surface area contributed by atoms with Gasteiger partial charge in [-0.25, -0.2) is 4.98 Å². The number of piperazine rings is 1. The third-order valence-electron chi connectivity index (χ3n) is 5.82. The number of hydrogen-bond donors (Lipinski definition) is 0. The Kier molecular flexibility index (Phi) is 5.51. The average molecular weight is 419 g/mol. The molecule has 6 heteroatoms. The van der Waals surface area contributed by atoms with Crippen LogP contribution in [0, 0.1) is 0 Å². The van der Waals surface area contributed by atoms with Gasteiger partial charge in [0.2, 0.25) is 0 Å². The quantitative estimate of drug-likeness (QED) is 0.606. The lowest BCUT2D eigenvalue weighted by Gasteiger charge is -2.38. The van der Waals surface area contributed by atoms with Crippen molar-refractivity contribution in [3.63, 3.8) is 0 Å². The molecule has 0 aliphatic carbocycles. The summed E-state index contributed by atoms with van der Waals surface area (Å²) in [5.74, 6) is 2.03. The zero-order chi connectivity index (χ0) is 20.3. The zero-order valence-electron chi connectivity index (χ0n) is 17.2. The molecule has 154 valence electrons. The highest BCUT2D eigenvalue weighted by Gasteiger charge is 2.25. The van der Waals surface area contributed by atoms with Crippen LogP contribution in [-0.2, 0) is 0 Å². The molecule has 0 saturated carbocycles. The van der Waals surface area contributed by atoms with E-state index in [1.165, 1.54) is 21.2 Å². The lowest BCUT2D eigenvalue weighted by Crippen LogP contribution is -2.48. The first-order chi connectivity index (χ1) is 14.8. The fourth-order valence-corrected chi connectivity index (χ4v) is 5.30. The maximum absolute atomic E-state index is 5.55. The molecule has 0 bridgehead atoms. The van der Waals surface area contributed by atoms with Gasteiger partial charge in [0.1, 0.15) is 11.6 Å². The van der Waals surface area contributed by atoms with Crippen LogP contribution in [0.1, 0.15) is 0 Å². The van der Waals surface area contributed by atoms with Crippen LogP contribution in [0.2, 0.25) is 0 Å². The van der Waals surface area contributed by atoms with E-state index in [0.717, 1.165) is 50.8 Å². The van der Waals surface area contributed by atoms with Crippen molar-refractivity contribution in [3.8, 4) is 5.75 Å². The summed E-state index contributed by atoms with van der Waals surface area (Å²) >= 11 is 1.81. The Balaban J connectivity index is 1.26. The number of pyridine rings is 1. The normalized spacial score (nSPS) is 16.2. The molecule has 5 rings (SSSR count). The molecule has 1 aromatic heterocycles. The summed E-state index contributed by atoms with van der Waals surface area (Å²) in [6.45, 7) is 6.10. The topological polar surface area (TPSA) is 31.8 Å². The minimum atomic E-state index is 0.941. The third kappa shape index (κ3) is 3.73. The molecule has 5 nitrogen and oxygen atoms in total. The maximum Gasteiger partial charge on any atom is 0.147 e. The molecule has 0 radical (unpaired) electrons. The molecular weight excluding hydrogens is 392 g/mol. The van der Waals surface area contributed by atoms with Gasteiger partial charge in [-0.1, -0.05) is 36.0 Å². The van der Waals surface area contributed by atoms with Gasteiger partial charge in [-0.05, 0) is 36.4 Å². The van der Waals surface area contributed by atoms with Gasteiger partial charge in [0.25, 0.3) is 0 Å². The van der Waals surface area contributed by atoms with Crippen molar-refractivity contribution in [1.29, 1.82) is 0 Å². The Hall–Kier alpha value is -2.70. The van der Waals surface area contributed by atoms with Gasteiger partial charge >= 0.3 is 0 Å². The first-order valence-electron chi connectivity index (χ1n) is 10.4. The summed E-state index contributed by atoms with van der Waals surface area (Å²) in [5, 5.41) is 0. The van der Waals surface area contributed by atoms with Crippen molar-refractivity contribution >= 4 is 29.0 Å². The molecule has 1 fully saturated rings. The zero-order valence-corrected chi connectivity index (χ0v) is 18.0. The van der Waals surface area contributed by atoms with Crippen LogP contribution in [0.5, 0.6) is 5.75 Å². The Bertz CT molecular complexity index is 974. The van der Waals surface area contributed by atoms with Crippen LogP contribution in [0.4, 0.5) is 17.2 Å². The SMILES string of the molecule is COc1ccccc1N1CCN(CCN2c3ccccc3Sc3cccnc32)CC1. The Morgan fingerprint density at radius 3 is 2.40 bits per heavy atom. The number of aromatic nitrogens is 1. The number of rotatable bonds is 5. The number of ether oxygens (including phenoxy) is 1. The van der Waals surface area contributed by atoms with E-state index in [9.17, 15) is 0 Å². The number of fused-ring (bicyclic) bond motifs is 2. The standard InChI is InChI=1S/C24H26N4OS/c1-29-21-9-4-2-7-19(21)27-16-13-26(14-17-27)15-18-28-20-8-3-5-10-22(20)30-23-11-6-12-25-24(23)28/h2-12H,13-18H2,1H3. The van der Waals surface area contributed by atoms with E-state index in [1.54, 1.807) is 7.11 Å². The van der Waals surface area contributed by atoms with E-state index in [4.69, 9.17) is 9.72 Å². The number of nitrogens with zero attached hydrogens (tertiary/aromatic N) is 4. The molecule has 0 N–H and O–H groups in total. The van der Waals surface area contributed by atoms with E-state index >= 15 is 0 Å². The second-order valence-electron chi connectivity index (χ2n) is 7.55. The minimum absolute atomic E-state index is 0.941. The minimum Gasteiger partial charge on any atom is -0.495 e. The molecule has 2 aliphatic heterocycles. The van der Waals surface area contributed by atoms with E-state index in [-0.39, 0.29) is 0 Å². The highest BCUT2D eigenvalue weighted by Crippen LogP contribution is 2.46. The van der Waals surface area contributed by atoms with Gasteiger partial charge in [-0.2, -0.15) is 0 Å². The predicted molar refractivity (Wildman–Crippen MR) is 123 cm³/mol. The Morgan fingerprint density at radius 1 is 0.833 bits per heavy atom. The van der Waals surface area contributed by atoms with Crippen LogP contribution < -0.4 is 14.5 Å². The maximum atomic E-state index is 5.55. The first kappa shape index (κ1) is 19.3. The number of methoxy groups -OCH3 is 1.